The van der Waals surface area contributed by atoms with Gasteiger partial charge >= 0.3 is 0 Å². The molecule has 1 heterocycles. The van der Waals surface area contributed by atoms with Crippen LogP contribution in [0.3, 0.4) is 0 Å². The maximum absolute atomic E-state index is 12.1. The van der Waals surface area contributed by atoms with Crippen molar-refractivity contribution in [2.45, 2.75) is 0 Å². The second-order valence-electron chi connectivity index (χ2n) is 5.50. The molecule has 0 bridgehead atoms. The van der Waals surface area contributed by atoms with Crippen molar-refractivity contribution in [3.8, 4) is 17.1 Å². The molecule has 2 aromatic carbocycles. The molecule has 1 N–H and O–H groups in total. The van der Waals surface area contributed by atoms with Crippen LogP contribution < -0.4 is 10.1 Å². The van der Waals surface area contributed by atoms with Crippen molar-refractivity contribution in [2.24, 2.45) is 0 Å². The number of carbonyl (C=O) groups excluding carboxylic acids is 1. The zero-order valence-electron chi connectivity index (χ0n) is 14.2. The van der Waals surface area contributed by atoms with Gasteiger partial charge in [0, 0.05) is 17.7 Å². The SMILES string of the molecule is O=C(NCCOc1ccc(-c2ccccc2)nn1)c1ccccc1[N+](=O)[O-]. The molecule has 3 aromatic rings. The van der Waals surface area contributed by atoms with Gasteiger partial charge in [-0.1, -0.05) is 42.5 Å². The Balaban J connectivity index is 1.50. The highest BCUT2D eigenvalue weighted by atomic mass is 16.6. The van der Waals surface area contributed by atoms with E-state index in [0.717, 1.165) is 11.3 Å². The van der Waals surface area contributed by atoms with Crippen LogP contribution in [0.4, 0.5) is 5.69 Å². The smallest absolute Gasteiger partial charge is 0.282 e. The standard InChI is InChI=1S/C19H16N4O4/c24-19(15-8-4-5-9-17(15)23(25)26)20-12-13-27-18-11-10-16(21-22-18)14-6-2-1-3-7-14/h1-11H,12-13H2,(H,20,24). The molecule has 1 amide bonds. The summed E-state index contributed by atoms with van der Waals surface area (Å²) >= 11 is 0. The Kier molecular flexibility index (Phi) is 5.68. The summed E-state index contributed by atoms with van der Waals surface area (Å²) < 4.78 is 5.44. The van der Waals surface area contributed by atoms with E-state index in [2.05, 4.69) is 15.5 Å². The van der Waals surface area contributed by atoms with E-state index in [1.54, 1.807) is 18.2 Å². The van der Waals surface area contributed by atoms with Gasteiger partial charge in [-0.15, -0.1) is 10.2 Å². The molecule has 1 aromatic heterocycles. The zero-order chi connectivity index (χ0) is 19.1. The van der Waals surface area contributed by atoms with Gasteiger partial charge in [-0.2, -0.15) is 0 Å². The maximum Gasteiger partial charge on any atom is 0.282 e. The van der Waals surface area contributed by atoms with Gasteiger partial charge in [0.1, 0.15) is 12.2 Å². The molecule has 0 saturated carbocycles. The number of rotatable bonds is 7. The Labute approximate surface area is 155 Å². The maximum atomic E-state index is 12.1. The first-order chi connectivity index (χ1) is 13.1. The second kappa shape index (κ2) is 8.52. The normalized spacial score (nSPS) is 10.2. The summed E-state index contributed by atoms with van der Waals surface area (Å²) in [5.41, 5.74) is 1.45. The predicted molar refractivity (Wildman–Crippen MR) is 98.4 cm³/mol. The van der Waals surface area contributed by atoms with E-state index in [-0.39, 0.29) is 24.4 Å². The minimum Gasteiger partial charge on any atom is -0.475 e. The molecule has 27 heavy (non-hydrogen) atoms. The van der Waals surface area contributed by atoms with Crippen LogP contribution in [0.5, 0.6) is 5.88 Å². The fourth-order valence-corrected chi connectivity index (χ4v) is 2.40. The minimum absolute atomic E-state index is 0.00880. The summed E-state index contributed by atoms with van der Waals surface area (Å²) in [6.07, 6.45) is 0. The number of ether oxygens (including phenoxy) is 1. The molecule has 3 rings (SSSR count). The lowest BCUT2D eigenvalue weighted by Gasteiger charge is -2.07. The van der Waals surface area contributed by atoms with E-state index in [9.17, 15) is 14.9 Å². The van der Waals surface area contributed by atoms with Crippen molar-refractivity contribution in [1.29, 1.82) is 0 Å². The van der Waals surface area contributed by atoms with Crippen LogP contribution >= 0.6 is 0 Å². The Hall–Kier alpha value is -3.81. The van der Waals surface area contributed by atoms with Crippen LogP contribution in [-0.2, 0) is 0 Å². The molecule has 0 unspecified atom stereocenters. The Morgan fingerprint density at radius 3 is 2.44 bits per heavy atom. The number of nitro groups is 1. The number of nitrogens with one attached hydrogen (secondary N) is 1. The monoisotopic (exact) mass is 364 g/mol. The largest absolute Gasteiger partial charge is 0.475 e. The van der Waals surface area contributed by atoms with Gasteiger partial charge in [0.05, 0.1) is 17.2 Å². The highest BCUT2D eigenvalue weighted by Gasteiger charge is 2.18. The number of carbonyl (C=O) groups is 1. The summed E-state index contributed by atoms with van der Waals surface area (Å²) in [6.45, 7) is 0.332. The first-order valence-corrected chi connectivity index (χ1v) is 8.19. The highest BCUT2D eigenvalue weighted by molar-refractivity contribution is 5.98. The number of nitro benzene ring substituents is 1. The summed E-state index contributed by atoms with van der Waals surface area (Å²) in [5, 5.41) is 21.6. The number of amides is 1. The molecule has 0 aliphatic heterocycles. The van der Waals surface area contributed by atoms with E-state index in [1.807, 2.05) is 30.3 Å². The molecule has 0 aliphatic rings. The molecule has 8 heteroatoms. The third-order valence-corrected chi connectivity index (χ3v) is 3.69. The molecule has 0 spiro atoms. The molecule has 0 radical (unpaired) electrons. The number of benzene rings is 2. The van der Waals surface area contributed by atoms with Gasteiger partial charge in [0.2, 0.25) is 5.88 Å². The molecule has 136 valence electrons. The third kappa shape index (κ3) is 4.63. The number of aromatic nitrogens is 2. The van der Waals surface area contributed by atoms with Crippen molar-refractivity contribution in [3.63, 3.8) is 0 Å². The van der Waals surface area contributed by atoms with Gasteiger partial charge in [0.25, 0.3) is 11.6 Å². The van der Waals surface area contributed by atoms with Crippen LogP contribution in [0.1, 0.15) is 10.4 Å². The molecular formula is C19H16N4O4. The van der Waals surface area contributed by atoms with Crippen LogP contribution in [0, 0.1) is 10.1 Å². The molecule has 0 fully saturated rings. The van der Waals surface area contributed by atoms with E-state index in [4.69, 9.17) is 4.74 Å². The fraction of sp³-hybridized carbons (Fsp3) is 0.105. The van der Waals surface area contributed by atoms with Gasteiger partial charge in [-0.3, -0.25) is 14.9 Å². The summed E-state index contributed by atoms with van der Waals surface area (Å²) in [6, 6.07) is 18.9. The number of hydrogen-bond donors (Lipinski definition) is 1. The van der Waals surface area contributed by atoms with Crippen molar-refractivity contribution in [2.75, 3.05) is 13.2 Å². The average Bonchev–Trinajstić information content (AvgIpc) is 2.72. The van der Waals surface area contributed by atoms with Gasteiger partial charge < -0.3 is 10.1 Å². The van der Waals surface area contributed by atoms with E-state index >= 15 is 0 Å². The topological polar surface area (TPSA) is 107 Å². The summed E-state index contributed by atoms with van der Waals surface area (Å²) in [4.78, 5) is 22.5. The molecular weight excluding hydrogens is 348 g/mol. The number of para-hydroxylation sites is 1. The number of nitrogens with zero attached hydrogens (tertiary/aromatic N) is 3. The lowest BCUT2D eigenvalue weighted by Crippen LogP contribution is -2.28. The average molecular weight is 364 g/mol. The Morgan fingerprint density at radius 1 is 1.00 bits per heavy atom. The van der Waals surface area contributed by atoms with Crippen LogP contribution in [-0.4, -0.2) is 34.2 Å². The summed E-state index contributed by atoms with van der Waals surface area (Å²) in [7, 11) is 0. The number of hydrogen-bond acceptors (Lipinski definition) is 6. The van der Waals surface area contributed by atoms with Gasteiger partial charge in [-0.05, 0) is 12.1 Å². The predicted octanol–water partition coefficient (Wildman–Crippen LogP) is 2.86. The quantitative estimate of drug-likeness (QED) is 0.392. The van der Waals surface area contributed by atoms with Crippen LogP contribution in [0.25, 0.3) is 11.3 Å². The lowest BCUT2D eigenvalue weighted by molar-refractivity contribution is -0.385. The van der Waals surface area contributed by atoms with Crippen LogP contribution in [0.2, 0.25) is 0 Å². The van der Waals surface area contributed by atoms with Crippen molar-refractivity contribution in [1.82, 2.24) is 15.5 Å². The first-order valence-electron chi connectivity index (χ1n) is 8.19. The van der Waals surface area contributed by atoms with E-state index in [0.29, 0.717) is 5.88 Å². The van der Waals surface area contributed by atoms with E-state index < -0.39 is 10.8 Å². The third-order valence-electron chi connectivity index (χ3n) is 3.69. The van der Waals surface area contributed by atoms with Gasteiger partial charge in [-0.25, -0.2) is 0 Å². The molecule has 0 saturated heterocycles. The fourth-order valence-electron chi connectivity index (χ4n) is 2.40. The van der Waals surface area contributed by atoms with Crippen LogP contribution in [0.15, 0.2) is 66.7 Å². The molecule has 8 nitrogen and oxygen atoms in total. The zero-order valence-corrected chi connectivity index (χ0v) is 14.2. The van der Waals surface area contributed by atoms with Gasteiger partial charge in [0.15, 0.2) is 0 Å². The van der Waals surface area contributed by atoms with Crippen molar-refractivity contribution in [3.05, 3.63) is 82.4 Å². The first kappa shape index (κ1) is 18.0. The Bertz CT molecular complexity index is 930. The summed E-state index contributed by atoms with van der Waals surface area (Å²) in [5.74, 6) is -0.203. The lowest BCUT2D eigenvalue weighted by atomic mass is 10.1. The van der Waals surface area contributed by atoms with E-state index in [1.165, 1.54) is 18.2 Å². The Morgan fingerprint density at radius 2 is 1.74 bits per heavy atom. The van der Waals surface area contributed by atoms with Crippen molar-refractivity contribution < 1.29 is 14.5 Å². The minimum atomic E-state index is -0.588. The second-order valence-corrected chi connectivity index (χ2v) is 5.50. The highest BCUT2D eigenvalue weighted by Crippen LogP contribution is 2.18. The molecule has 0 aliphatic carbocycles. The molecule has 0 atom stereocenters. The van der Waals surface area contributed by atoms with Crippen molar-refractivity contribution >= 4 is 11.6 Å².